The number of carboxylic acid groups (broad SMARTS) is 1. The van der Waals surface area contributed by atoms with E-state index in [0.29, 0.717) is 5.56 Å². The van der Waals surface area contributed by atoms with Crippen LogP contribution in [0.1, 0.15) is 22.8 Å². The van der Waals surface area contributed by atoms with Gasteiger partial charge in [-0.05, 0) is 24.2 Å². The number of aromatic nitrogens is 1. The third-order valence-electron chi connectivity index (χ3n) is 2.58. The first kappa shape index (κ1) is 10.7. The molecule has 0 unspecified atom stereocenters. The highest BCUT2D eigenvalue weighted by Crippen LogP contribution is 2.19. The molecular formula is C12H14N2O2. The summed E-state index contributed by atoms with van der Waals surface area (Å²) >= 11 is 0. The van der Waals surface area contributed by atoms with Crippen molar-refractivity contribution in [3.8, 4) is 0 Å². The van der Waals surface area contributed by atoms with Crippen LogP contribution < -0.4 is 5.32 Å². The maximum absolute atomic E-state index is 10.8. The van der Waals surface area contributed by atoms with Crippen LogP contribution >= 0.6 is 0 Å². The van der Waals surface area contributed by atoms with E-state index in [1.54, 1.807) is 12.1 Å². The first-order valence-corrected chi connectivity index (χ1v) is 5.26. The molecule has 1 aromatic heterocycles. The predicted molar refractivity (Wildman–Crippen MR) is 62.6 cm³/mol. The number of rotatable bonds is 4. The number of H-pyrrole nitrogens is 1. The molecule has 0 amide bonds. The normalized spacial score (nSPS) is 10.8. The van der Waals surface area contributed by atoms with E-state index < -0.39 is 5.97 Å². The van der Waals surface area contributed by atoms with E-state index in [1.807, 2.05) is 12.3 Å². The van der Waals surface area contributed by atoms with Gasteiger partial charge in [0.25, 0.3) is 0 Å². The van der Waals surface area contributed by atoms with Gasteiger partial charge < -0.3 is 15.4 Å². The molecule has 2 rings (SSSR count). The lowest BCUT2D eigenvalue weighted by atomic mass is 10.1. The second-order valence-electron chi connectivity index (χ2n) is 3.66. The Morgan fingerprint density at radius 3 is 3.00 bits per heavy atom. The molecule has 1 aromatic carbocycles. The summed E-state index contributed by atoms with van der Waals surface area (Å²) in [5.74, 6) is -0.898. The lowest BCUT2D eigenvalue weighted by Gasteiger charge is -2.00. The molecule has 0 aliphatic carbocycles. The van der Waals surface area contributed by atoms with Gasteiger partial charge >= 0.3 is 5.97 Å². The minimum Gasteiger partial charge on any atom is -0.478 e. The molecule has 0 aliphatic heterocycles. The Balaban J connectivity index is 2.38. The van der Waals surface area contributed by atoms with Crippen molar-refractivity contribution in [3.63, 3.8) is 0 Å². The van der Waals surface area contributed by atoms with Crippen LogP contribution in [0.5, 0.6) is 0 Å². The second-order valence-corrected chi connectivity index (χ2v) is 3.66. The molecular weight excluding hydrogens is 204 g/mol. The third kappa shape index (κ3) is 1.92. The standard InChI is InChI=1S/C12H14N2O2/c1-2-13-6-9-7-14-11-5-8(12(15)16)3-4-10(9)11/h3-5,7,13-14H,2,6H2,1H3,(H,15,16). The van der Waals surface area contributed by atoms with Gasteiger partial charge in [0.05, 0.1) is 5.56 Å². The summed E-state index contributed by atoms with van der Waals surface area (Å²) in [5.41, 5.74) is 2.34. The van der Waals surface area contributed by atoms with Crippen LogP contribution in [0, 0.1) is 0 Å². The molecule has 0 atom stereocenters. The highest BCUT2D eigenvalue weighted by atomic mass is 16.4. The fraction of sp³-hybridized carbons (Fsp3) is 0.250. The van der Waals surface area contributed by atoms with Crippen molar-refractivity contribution in [1.29, 1.82) is 0 Å². The van der Waals surface area contributed by atoms with Gasteiger partial charge in [0.2, 0.25) is 0 Å². The summed E-state index contributed by atoms with van der Waals surface area (Å²) in [4.78, 5) is 13.9. The van der Waals surface area contributed by atoms with E-state index in [-0.39, 0.29) is 0 Å². The lowest BCUT2D eigenvalue weighted by molar-refractivity contribution is 0.0697. The Kier molecular flexibility index (Phi) is 2.92. The number of carboxylic acids is 1. The number of hydrogen-bond acceptors (Lipinski definition) is 2. The average Bonchev–Trinajstić information content (AvgIpc) is 2.68. The third-order valence-corrected chi connectivity index (χ3v) is 2.58. The molecule has 0 saturated carbocycles. The molecule has 0 spiro atoms. The SMILES string of the molecule is CCNCc1c[nH]c2cc(C(=O)O)ccc12. The number of nitrogens with one attached hydrogen (secondary N) is 2. The van der Waals surface area contributed by atoms with Crippen LogP contribution in [-0.2, 0) is 6.54 Å². The first-order valence-electron chi connectivity index (χ1n) is 5.26. The number of carbonyl (C=O) groups is 1. The van der Waals surface area contributed by atoms with Crippen molar-refractivity contribution in [1.82, 2.24) is 10.3 Å². The minimum atomic E-state index is -0.898. The molecule has 4 heteroatoms. The van der Waals surface area contributed by atoms with E-state index in [1.165, 1.54) is 0 Å². The second kappa shape index (κ2) is 4.37. The van der Waals surface area contributed by atoms with Crippen molar-refractivity contribution in [2.45, 2.75) is 13.5 Å². The number of benzene rings is 1. The molecule has 0 aliphatic rings. The Labute approximate surface area is 93.3 Å². The Morgan fingerprint density at radius 1 is 1.50 bits per heavy atom. The number of hydrogen-bond donors (Lipinski definition) is 3. The Morgan fingerprint density at radius 2 is 2.31 bits per heavy atom. The first-order chi connectivity index (χ1) is 7.72. The summed E-state index contributed by atoms with van der Waals surface area (Å²) in [6.45, 7) is 3.76. The summed E-state index contributed by atoms with van der Waals surface area (Å²) in [7, 11) is 0. The van der Waals surface area contributed by atoms with Gasteiger partial charge in [-0.1, -0.05) is 13.0 Å². The smallest absolute Gasteiger partial charge is 0.335 e. The van der Waals surface area contributed by atoms with Crippen LogP contribution in [-0.4, -0.2) is 22.6 Å². The average molecular weight is 218 g/mol. The molecule has 0 saturated heterocycles. The molecule has 0 bridgehead atoms. The van der Waals surface area contributed by atoms with Gasteiger partial charge in [-0.25, -0.2) is 4.79 Å². The number of fused-ring (bicyclic) bond motifs is 1. The van der Waals surface area contributed by atoms with Gasteiger partial charge in [-0.15, -0.1) is 0 Å². The molecule has 2 aromatic rings. The van der Waals surface area contributed by atoms with Gasteiger partial charge in [-0.2, -0.15) is 0 Å². The van der Waals surface area contributed by atoms with Crippen molar-refractivity contribution < 1.29 is 9.90 Å². The molecule has 0 fully saturated rings. The van der Waals surface area contributed by atoms with Crippen LogP contribution in [0.2, 0.25) is 0 Å². The van der Waals surface area contributed by atoms with Crippen LogP contribution in [0.15, 0.2) is 24.4 Å². The van der Waals surface area contributed by atoms with Crippen molar-refractivity contribution in [3.05, 3.63) is 35.5 Å². The van der Waals surface area contributed by atoms with E-state index in [0.717, 1.165) is 29.6 Å². The largest absolute Gasteiger partial charge is 0.478 e. The van der Waals surface area contributed by atoms with E-state index in [4.69, 9.17) is 5.11 Å². The molecule has 4 nitrogen and oxygen atoms in total. The zero-order chi connectivity index (χ0) is 11.5. The van der Waals surface area contributed by atoms with Gasteiger partial charge in [0.15, 0.2) is 0 Å². The zero-order valence-electron chi connectivity index (χ0n) is 9.08. The minimum absolute atomic E-state index is 0.310. The zero-order valence-corrected chi connectivity index (χ0v) is 9.08. The topological polar surface area (TPSA) is 65.1 Å². The summed E-state index contributed by atoms with van der Waals surface area (Å²) < 4.78 is 0. The molecule has 84 valence electrons. The van der Waals surface area contributed by atoms with E-state index in [9.17, 15) is 4.79 Å². The van der Waals surface area contributed by atoms with Crippen molar-refractivity contribution in [2.75, 3.05) is 6.54 Å². The molecule has 1 heterocycles. The summed E-state index contributed by atoms with van der Waals surface area (Å²) in [6.07, 6.45) is 1.92. The van der Waals surface area contributed by atoms with Crippen molar-refractivity contribution in [2.24, 2.45) is 0 Å². The quantitative estimate of drug-likeness (QED) is 0.735. The van der Waals surface area contributed by atoms with E-state index in [2.05, 4.69) is 17.2 Å². The maximum atomic E-state index is 10.8. The summed E-state index contributed by atoms with van der Waals surface area (Å²) in [5, 5.41) is 13.2. The molecule has 0 radical (unpaired) electrons. The van der Waals surface area contributed by atoms with Crippen molar-refractivity contribution >= 4 is 16.9 Å². The lowest BCUT2D eigenvalue weighted by Crippen LogP contribution is -2.11. The van der Waals surface area contributed by atoms with Gasteiger partial charge in [0.1, 0.15) is 0 Å². The number of aromatic amines is 1. The monoisotopic (exact) mass is 218 g/mol. The van der Waals surface area contributed by atoms with Gasteiger partial charge in [-0.3, -0.25) is 0 Å². The van der Waals surface area contributed by atoms with Crippen LogP contribution in [0.25, 0.3) is 10.9 Å². The predicted octanol–water partition coefficient (Wildman–Crippen LogP) is 1.98. The fourth-order valence-corrected chi connectivity index (χ4v) is 1.73. The molecule has 3 N–H and O–H groups in total. The highest BCUT2D eigenvalue weighted by Gasteiger charge is 2.07. The molecule has 16 heavy (non-hydrogen) atoms. The maximum Gasteiger partial charge on any atom is 0.335 e. The van der Waals surface area contributed by atoms with Gasteiger partial charge in [0, 0.05) is 23.6 Å². The van der Waals surface area contributed by atoms with E-state index >= 15 is 0 Å². The highest BCUT2D eigenvalue weighted by molar-refractivity contribution is 5.94. The number of aromatic carboxylic acids is 1. The Hall–Kier alpha value is -1.81. The summed E-state index contributed by atoms with van der Waals surface area (Å²) in [6, 6.07) is 5.14. The van der Waals surface area contributed by atoms with Crippen LogP contribution in [0.4, 0.5) is 0 Å². The van der Waals surface area contributed by atoms with Crippen LogP contribution in [0.3, 0.4) is 0 Å². The fourth-order valence-electron chi connectivity index (χ4n) is 1.73. The Bertz CT molecular complexity index is 517.